The Labute approximate surface area is 144 Å². The number of hydrogen-bond acceptors (Lipinski definition) is 3. The van der Waals surface area contributed by atoms with Gasteiger partial charge in [0.25, 0.3) is 0 Å². The zero-order chi connectivity index (χ0) is 17.5. The van der Waals surface area contributed by atoms with Crippen LogP contribution in [0.3, 0.4) is 0 Å². The quantitative estimate of drug-likeness (QED) is 0.809. The summed E-state index contributed by atoms with van der Waals surface area (Å²) < 4.78 is 7.50. The molecule has 2 aromatic rings. The lowest BCUT2D eigenvalue weighted by molar-refractivity contribution is -0.120. The van der Waals surface area contributed by atoms with Gasteiger partial charge in [0.15, 0.2) is 0 Å². The highest BCUT2D eigenvalue weighted by Crippen LogP contribution is 2.17. The molecule has 1 amide bonds. The zero-order valence-corrected chi connectivity index (χ0v) is 15.0. The normalized spacial score (nSPS) is 12.2. The van der Waals surface area contributed by atoms with E-state index >= 15 is 0 Å². The predicted octanol–water partition coefficient (Wildman–Crippen LogP) is 2.39. The number of nitrogens with one attached hydrogen (secondary N) is 1. The summed E-state index contributed by atoms with van der Waals surface area (Å²) in [5, 5.41) is 3.04. The summed E-state index contributed by atoms with van der Waals surface area (Å²) in [5.41, 5.74) is 2.16. The fourth-order valence-corrected chi connectivity index (χ4v) is 2.70. The van der Waals surface area contributed by atoms with Gasteiger partial charge in [0, 0.05) is 25.5 Å². The fraction of sp³-hybridized carbons (Fsp3) is 0.421. The molecule has 5 heteroatoms. The molecule has 0 aliphatic carbocycles. The number of aryl methyl sites for hydroxylation is 1. The standard InChI is InChI=1S/C19H27N3O2/c1-5-24-16-10-8-15(9-11-16)13-19(23)20-14-18(21(2)3)17-7-6-12-22(17)4/h6-12,18H,5,13-14H2,1-4H3,(H,20,23). The first-order valence-corrected chi connectivity index (χ1v) is 8.27. The highest BCUT2D eigenvalue weighted by atomic mass is 16.5. The van der Waals surface area contributed by atoms with Crippen LogP contribution in [0.5, 0.6) is 5.75 Å². The maximum Gasteiger partial charge on any atom is 0.224 e. The Morgan fingerprint density at radius 2 is 1.96 bits per heavy atom. The number of carbonyl (C=O) groups is 1. The average molecular weight is 329 g/mol. The van der Waals surface area contributed by atoms with Crippen molar-refractivity contribution >= 4 is 5.91 Å². The minimum atomic E-state index is 0.0280. The first-order chi connectivity index (χ1) is 11.5. The topological polar surface area (TPSA) is 46.5 Å². The van der Waals surface area contributed by atoms with Crippen LogP contribution < -0.4 is 10.1 Å². The molecular weight excluding hydrogens is 302 g/mol. The molecule has 1 atom stereocenters. The van der Waals surface area contributed by atoms with Crippen molar-refractivity contribution < 1.29 is 9.53 Å². The summed E-state index contributed by atoms with van der Waals surface area (Å²) >= 11 is 0. The Bertz CT molecular complexity index is 647. The maximum atomic E-state index is 12.2. The first-order valence-electron chi connectivity index (χ1n) is 8.27. The third-order valence-electron chi connectivity index (χ3n) is 4.04. The monoisotopic (exact) mass is 329 g/mol. The summed E-state index contributed by atoms with van der Waals surface area (Å²) in [6, 6.07) is 11.9. The molecule has 0 fully saturated rings. The van der Waals surface area contributed by atoms with Gasteiger partial charge >= 0.3 is 0 Å². The number of ether oxygens (including phenoxy) is 1. The van der Waals surface area contributed by atoms with Crippen LogP contribution in [0.4, 0.5) is 0 Å². The largest absolute Gasteiger partial charge is 0.494 e. The van der Waals surface area contributed by atoms with Crippen LogP contribution in [-0.2, 0) is 18.3 Å². The molecule has 5 nitrogen and oxygen atoms in total. The van der Waals surface area contributed by atoms with Crippen molar-refractivity contribution in [2.75, 3.05) is 27.2 Å². The van der Waals surface area contributed by atoms with E-state index in [0.717, 1.165) is 11.3 Å². The SMILES string of the molecule is CCOc1ccc(CC(=O)NCC(c2cccn2C)N(C)C)cc1. The minimum Gasteiger partial charge on any atom is -0.494 e. The molecule has 1 heterocycles. The van der Waals surface area contributed by atoms with Gasteiger partial charge in [-0.15, -0.1) is 0 Å². The Balaban J connectivity index is 1.90. The lowest BCUT2D eigenvalue weighted by Crippen LogP contribution is -2.36. The summed E-state index contributed by atoms with van der Waals surface area (Å²) in [6.07, 6.45) is 2.40. The number of nitrogens with zero attached hydrogens (tertiary/aromatic N) is 2. The number of aromatic nitrogens is 1. The van der Waals surface area contributed by atoms with Crippen molar-refractivity contribution in [3.63, 3.8) is 0 Å². The van der Waals surface area contributed by atoms with E-state index in [9.17, 15) is 4.79 Å². The number of likely N-dealkylation sites (N-methyl/N-ethyl adjacent to an activating group) is 1. The first kappa shape index (κ1) is 18.1. The second-order valence-electron chi connectivity index (χ2n) is 6.08. The van der Waals surface area contributed by atoms with Crippen LogP contribution in [0.15, 0.2) is 42.6 Å². The summed E-state index contributed by atoms with van der Waals surface area (Å²) in [6.45, 7) is 3.18. The van der Waals surface area contributed by atoms with E-state index in [0.29, 0.717) is 19.6 Å². The number of rotatable bonds is 8. The molecule has 0 saturated carbocycles. The van der Waals surface area contributed by atoms with Crippen molar-refractivity contribution in [2.24, 2.45) is 7.05 Å². The number of benzene rings is 1. The van der Waals surface area contributed by atoms with Gasteiger partial charge in [-0.3, -0.25) is 9.69 Å². The lowest BCUT2D eigenvalue weighted by Gasteiger charge is -2.25. The van der Waals surface area contributed by atoms with Gasteiger partial charge in [0.1, 0.15) is 5.75 Å². The molecule has 0 spiro atoms. The molecule has 1 aromatic heterocycles. The van der Waals surface area contributed by atoms with Crippen molar-refractivity contribution in [3.8, 4) is 5.75 Å². The van der Waals surface area contributed by atoms with E-state index in [4.69, 9.17) is 4.74 Å². The molecule has 0 aliphatic rings. The maximum absolute atomic E-state index is 12.2. The molecule has 1 aromatic carbocycles. The minimum absolute atomic E-state index is 0.0280. The molecule has 24 heavy (non-hydrogen) atoms. The lowest BCUT2D eigenvalue weighted by atomic mass is 10.1. The van der Waals surface area contributed by atoms with Gasteiger partial charge in [-0.25, -0.2) is 0 Å². The van der Waals surface area contributed by atoms with E-state index in [1.807, 2.05) is 64.6 Å². The Morgan fingerprint density at radius 1 is 1.25 bits per heavy atom. The molecule has 2 rings (SSSR count). The Kier molecular flexibility index (Phi) is 6.44. The molecule has 0 aliphatic heterocycles. The highest BCUT2D eigenvalue weighted by Gasteiger charge is 2.17. The van der Waals surface area contributed by atoms with Gasteiger partial charge in [-0.1, -0.05) is 12.1 Å². The van der Waals surface area contributed by atoms with Gasteiger partial charge in [-0.2, -0.15) is 0 Å². The van der Waals surface area contributed by atoms with Gasteiger partial charge in [0.2, 0.25) is 5.91 Å². The van der Waals surface area contributed by atoms with Crippen LogP contribution >= 0.6 is 0 Å². The van der Waals surface area contributed by atoms with Gasteiger partial charge < -0.3 is 14.6 Å². The molecule has 0 radical (unpaired) electrons. The van der Waals surface area contributed by atoms with Crippen molar-refractivity contribution in [2.45, 2.75) is 19.4 Å². The van der Waals surface area contributed by atoms with E-state index in [2.05, 4.69) is 20.9 Å². The van der Waals surface area contributed by atoms with Gasteiger partial charge in [0.05, 0.1) is 19.1 Å². The van der Waals surface area contributed by atoms with Crippen LogP contribution in [0.25, 0.3) is 0 Å². The summed E-state index contributed by atoms with van der Waals surface area (Å²) in [5.74, 6) is 0.859. The summed E-state index contributed by atoms with van der Waals surface area (Å²) in [4.78, 5) is 14.4. The molecule has 130 valence electrons. The molecule has 1 N–H and O–H groups in total. The highest BCUT2D eigenvalue weighted by molar-refractivity contribution is 5.78. The Morgan fingerprint density at radius 3 is 2.50 bits per heavy atom. The Hall–Kier alpha value is -2.27. The third-order valence-corrected chi connectivity index (χ3v) is 4.04. The molecule has 0 bridgehead atoms. The molecular formula is C19H27N3O2. The van der Waals surface area contributed by atoms with E-state index in [1.54, 1.807) is 0 Å². The predicted molar refractivity (Wildman–Crippen MR) is 96.2 cm³/mol. The summed E-state index contributed by atoms with van der Waals surface area (Å²) in [7, 11) is 6.07. The number of carbonyl (C=O) groups excluding carboxylic acids is 1. The smallest absolute Gasteiger partial charge is 0.224 e. The van der Waals surface area contributed by atoms with Crippen LogP contribution in [0.1, 0.15) is 24.2 Å². The molecule has 1 unspecified atom stereocenters. The van der Waals surface area contributed by atoms with Crippen LogP contribution in [0.2, 0.25) is 0 Å². The average Bonchev–Trinajstić information content (AvgIpc) is 2.95. The third kappa shape index (κ3) is 4.86. The van der Waals surface area contributed by atoms with Crippen molar-refractivity contribution in [3.05, 3.63) is 53.9 Å². The fourth-order valence-electron chi connectivity index (χ4n) is 2.70. The number of amides is 1. The van der Waals surface area contributed by atoms with Crippen molar-refractivity contribution in [1.29, 1.82) is 0 Å². The van der Waals surface area contributed by atoms with E-state index in [-0.39, 0.29) is 11.9 Å². The zero-order valence-electron chi connectivity index (χ0n) is 15.0. The van der Waals surface area contributed by atoms with Crippen LogP contribution in [-0.4, -0.2) is 42.6 Å². The second-order valence-corrected chi connectivity index (χ2v) is 6.08. The van der Waals surface area contributed by atoms with E-state index < -0.39 is 0 Å². The second kappa shape index (κ2) is 8.55. The van der Waals surface area contributed by atoms with Crippen LogP contribution in [0, 0.1) is 0 Å². The van der Waals surface area contributed by atoms with Crippen molar-refractivity contribution in [1.82, 2.24) is 14.8 Å². The van der Waals surface area contributed by atoms with Gasteiger partial charge in [-0.05, 0) is 50.8 Å². The number of hydrogen-bond donors (Lipinski definition) is 1. The van der Waals surface area contributed by atoms with E-state index in [1.165, 1.54) is 5.69 Å². The molecule has 0 saturated heterocycles.